The van der Waals surface area contributed by atoms with Crippen LogP contribution in [0.15, 0.2) is 31.0 Å². The van der Waals surface area contributed by atoms with Crippen LogP contribution in [0.5, 0.6) is 11.5 Å². The van der Waals surface area contributed by atoms with Gasteiger partial charge in [0.05, 0.1) is 24.9 Å². The lowest BCUT2D eigenvalue weighted by molar-refractivity contribution is 0.102. The summed E-state index contributed by atoms with van der Waals surface area (Å²) in [5, 5.41) is 3.07. The number of hydrogen-bond acceptors (Lipinski definition) is 4. The van der Waals surface area contributed by atoms with Crippen LogP contribution in [0.1, 0.15) is 67.4 Å². The smallest absolute Gasteiger partial charge is 0.263 e. The van der Waals surface area contributed by atoms with E-state index in [9.17, 15) is 4.79 Å². The molecule has 1 aromatic heterocycles. The number of methoxy groups -OCH3 is 1. The summed E-state index contributed by atoms with van der Waals surface area (Å²) in [6, 6.07) is 3.25. The number of aromatic nitrogens is 2. The van der Waals surface area contributed by atoms with Gasteiger partial charge in [-0.05, 0) is 57.4 Å². The highest BCUT2D eigenvalue weighted by Gasteiger charge is 2.24. The number of halogens is 1. The monoisotopic (exact) mass is 431 g/mol. The third kappa shape index (κ3) is 5.36. The molecule has 0 spiro atoms. The maximum absolute atomic E-state index is 12.9. The maximum atomic E-state index is 12.9. The van der Waals surface area contributed by atoms with E-state index in [1.165, 1.54) is 19.3 Å². The molecular formula is C23H30ClN3O3. The molecule has 0 aliphatic heterocycles. The average Bonchev–Trinajstić information content (AvgIpc) is 3.20. The zero-order valence-corrected chi connectivity index (χ0v) is 18.4. The van der Waals surface area contributed by atoms with Gasteiger partial charge in [0.2, 0.25) is 5.95 Å². The van der Waals surface area contributed by atoms with E-state index in [-0.39, 0.29) is 16.5 Å². The van der Waals surface area contributed by atoms with Crippen LogP contribution in [-0.4, -0.2) is 29.6 Å². The molecule has 3 rings (SSSR count). The number of carbonyl (C=O) groups excluding carboxylic acids is 1. The third-order valence-corrected chi connectivity index (χ3v) is 5.98. The first kappa shape index (κ1) is 22.2. The van der Waals surface area contributed by atoms with Gasteiger partial charge in [0.25, 0.3) is 5.91 Å². The second-order valence-electron chi connectivity index (χ2n) is 7.64. The summed E-state index contributed by atoms with van der Waals surface area (Å²) in [5.41, 5.74) is 1.33. The maximum Gasteiger partial charge on any atom is 0.263 e. The lowest BCUT2D eigenvalue weighted by atomic mass is 9.79. The van der Waals surface area contributed by atoms with E-state index in [1.807, 2.05) is 19.2 Å². The zero-order valence-electron chi connectivity index (χ0n) is 17.7. The van der Waals surface area contributed by atoms with Crippen molar-refractivity contribution in [3.63, 3.8) is 0 Å². The molecular weight excluding hydrogens is 402 g/mol. The number of allylic oxidation sites excluding steroid dienone is 1. The molecule has 0 atom stereocenters. The largest absolute Gasteiger partial charge is 0.497 e. The van der Waals surface area contributed by atoms with Crippen molar-refractivity contribution in [1.82, 2.24) is 9.97 Å². The van der Waals surface area contributed by atoms with Crippen LogP contribution in [-0.2, 0) is 0 Å². The Balaban J connectivity index is 1.66. The molecule has 30 heavy (non-hydrogen) atoms. The van der Waals surface area contributed by atoms with Crippen molar-refractivity contribution in [2.75, 3.05) is 19.0 Å². The molecule has 0 unspecified atom stereocenters. The molecule has 6 nitrogen and oxygen atoms in total. The molecule has 1 saturated carbocycles. The van der Waals surface area contributed by atoms with Gasteiger partial charge in [0.1, 0.15) is 17.1 Å². The predicted molar refractivity (Wildman–Crippen MR) is 120 cm³/mol. The lowest BCUT2D eigenvalue weighted by Gasteiger charge is -2.27. The summed E-state index contributed by atoms with van der Waals surface area (Å²) in [6.45, 7) is 6.07. The number of nitrogens with zero attached hydrogens (tertiary/aromatic N) is 1. The van der Waals surface area contributed by atoms with E-state index in [4.69, 9.17) is 21.1 Å². The highest BCUT2D eigenvalue weighted by atomic mass is 35.5. The first-order valence-corrected chi connectivity index (χ1v) is 10.9. The molecule has 7 heteroatoms. The Kier molecular flexibility index (Phi) is 7.80. The number of imidazole rings is 1. The molecule has 1 heterocycles. The molecule has 162 valence electrons. The normalized spacial score (nSPS) is 18.6. The van der Waals surface area contributed by atoms with Gasteiger partial charge < -0.3 is 14.5 Å². The van der Waals surface area contributed by atoms with E-state index >= 15 is 0 Å². The molecule has 0 saturated heterocycles. The van der Waals surface area contributed by atoms with Crippen molar-refractivity contribution in [1.29, 1.82) is 0 Å². The van der Waals surface area contributed by atoms with Gasteiger partial charge in [0, 0.05) is 17.7 Å². The van der Waals surface area contributed by atoms with E-state index in [0.29, 0.717) is 30.0 Å². The van der Waals surface area contributed by atoms with Crippen molar-refractivity contribution in [2.45, 2.75) is 51.4 Å². The Morgan fingerprint density at radius 2 is 2.13 bits per heavy atom. The molecule has 2 N–H and O–H groups in total. The number of hydrogen-bond donors (Lipinski definition) is 2. The molecule has 1 amide bonds. The Bertz CT molecular complexity index is 873. The van der Waals surface area contributed by atoms with E-state index in [1.54, 1.807) is 19.2 Å². The van der Waals surface area contributed by atoms with E-state index < -0.39 is 0 Å². The number of benzene rings is 1. The fourth-order valence-electron chi connectivity index (χ4n) is 4.06. The van der Waals surface area contributed by atoms with Gasteiger partial charge in [-0.2, -0.15) is 0 Å². The Morgan fingerprint density at radius 1 is 1.37 bits per heavy atom. The fraction of sp³-hybridized carbons (Fsp3) is 0.478. The molecule has 2 aromatic rings. The summed E-state index contributed by atoms with van der Waals surface area (Å²) in [4.78, 5) is 20.5. The highest BCUT2D eigenvalue weighted by molar-refractivity contribution is 6.35. The minimum atomic E-state index is -0.375. The highest BCUT2D eigenvalue weighted by Crippen LogP contribution is 2.37. The Labute approximate surface area is 183 Å². The van der Waals surface area contributed by atoms with Crippen LogP contribution in [0.2, 0.25) is 5.02 Å². The number of aromatic amines is 1. The molecule has 1 aliphatic rings. The summed E-state index contributed by atoms with van der Waals surface area (Å²) in [7, 11) is 1.54. The topological polar surface area (TPSA) is 76.2 Å². The minimum absolute atomic E-state index is 0.264. The molecule has 0 radical (unpaired) electrons. The summed E-state index contributed by atoms with van der Waals surface area (Å²) < 4.78 is 10.8. The number of nitrogens with one attached hydrogen (secondary N) is 2. The first-order valence-electron chi connectivity index (χ1n) is 10.5. The van der Waals surface area contributed by atoms with Gasteiger partial charge >= 0.3 is 0 Å². The standard InChI is InChI=1S/C23H30ClN3O3/c1-4-6-7-15-8-10-16(11-9-15)19-14-25-23(26-19)27-22(28)21-18(24)12-17(29-3)13-20(21)30-5-2/h4,12-16H,1,5-11H2,2-3H3,(H2,25,26,27,28). The van der Waals surface area contributed by atoms with Crippen molar-refractivity contribution >= 4 is 23.5 Å². The molecule has 1 fully saturated rings. The number of rotatable bonds is 9. The van der Waals surface area contributed by atoms with Gasteiger partial charge in [-0.3, -0.25) is 10.1 Å². The van der Waals surface area contributed by atoms with Crippen molar-refractivity contribution in [2.24, 2.45) is 5.92 Å². The second kappa shape index (κ2) is 10.5. The van der Waals surface area contributed by atoms with Gasteiger partial charge in [0.15, 0.2) is 0 Å². The quantitative estimate of drug-likeness (QED) is 0.480. The molecule has 1 aliphatic carbocycles. The number of anilines is 1. The van der Waals surface area contributed by atoms with Gasteiger partial charge in [-0.1, -0.05) is 17.7 Å². The van der Waals surface area contributed by atoms with Crippen LogP contribution in [0.25, 0.3) is 0 Å². The zero-order chi connectivity index (χ0) is 21.5. The lowest BCUT2D eigenvalue weighted by Crippen LogP contribution is -2.16. The second-order valence-corrected chi connectivity index (χ2v) is 8.05. The number of amides is 1. The molecule has 0 bridgehead atoms. The first-order chi connectivity index (χ1) is 14.5. The summed E-state index contributed by atoms with van der Waals surface area (Å²) in [5.74, 6) is 2.19. The Morgan fingerprint density at radius 3 is 2.80 bits per heavy atom. The van der Waals surface area contributed by atoms with Crippen LogP contribution in [0.3, 0.4) is 0 Å². The fourth-order valence-corrected chi connectivity index (χ4v) is 4.34. The third-order valence-electron chi connectivity index (χ3n) is 5.68. The predicted octanol–water partition coefficient (Wildman–Crippen LogP) is 5.96. The summed E-state index contributed by atoms with van der Waals surface area (Å²) >= 11 is 6.33. The summed E-state index contributed by atoms with van der Waals surface area (Å²) in [6.07, 6.45) is 10.9. The van der Waals surface area contributed by atoms with Crippen LogP contribution < -0.4 is 14.8 Å². The number of carbonyl (C=O) groups is 1. The SMILES string of the molecule is C=CCCC1CCC(c2cnc(NC(=O)c3c(Cl)cc(OC)cc3OCC)[nH]2)CC1. The minimum Gasteiger partial charge on any atom is -0.497 e. The van der Waals surface area contributed by atoms with Crippen molar-refractivity contribution in [3.05, 3.63) is 47.3 Å². The van der Waals surface area contributed by atoms with Crippen LogP contribution >= 0.6 is 11.6 Å². The van der Waals surface area contributed by atoms with E-state index in [0.717, 1.165) is 30.9 Å². The average molecular weight is 432 g/mol. The number of H-pyrrole nitrogens is 1. The van der Waals surface area contributed by atoms with Gasteiger partial charge in [-0.25, -0.2) is 4.98 Å². The van der Waals surface area contributed by atoms with Crippen molar-refractivity contribution in [3.8, 4) is 11.5 Å². The van der Waals surface area contributed by atoms with E-state index in [2.05, 4.69) is 21.9 Å². The van der Waals surface area contributed by atoms with Crippen LogP contribution in [0.4, 0.5) is 5.95 Å². The number of ether oxygens (including phenoxy) is 2. The van der Waals surface area contributed by atoms with Crippen LogP contribution in [0, 0.1) is 5.92 Å². The van der Waals surface area contributed by atoms with Crippen molar-refractivity contribution < 1.29 is 14.3 Å². The molecule has 1 aromatic carbocycles. The Hall–Kier alpha value is -2.47. The van der Waals surface area contributed by atoms with Gasteiger partial charge in [-0.15, -0.1) is 6.58 Å².